The Hall–Kier alpha value is -2.58. The van der Waals surface area contributed by atoms with Gasteiger partial charge in [-0.1, -0.05) is 18.2 Å². The quantitative estimate of drug-likeness (QED) is 0.746. The van der Waals surface area contributed by atoms with E-state index in [2.05, 4.69) is 9.62 Å². The van der Waals surface area contributed by atoms with Crippen LogP contribution in [0.25, 0.3) is 0 Å². The van der Waals surface area contributed by atoms with Gasteiger partial charge >= 0.3 is 0 Å². The minimum absolute atomic E-state index is 0.106. The topological polar surface area (TPSA) is 78.9 Å². The maximum absolute atomic E-state index is 12.8. The molecule has 0 bridgehead atoms. The molecule has 1 saturated heterocycles. The molecule has 0 radical (unpaired) electrons. The van der Waals surface area contributed by atoms with Crippen LogP contribution in [0.1, 0.15) is 13.8 Å². The lowest BCUT2D eigenvalue weighted by Gasteiger charge is -2.37. The predicted octanol–water partition coefficient (Wildman–Crippen LogP) is 2.10. The molecule has 1 aliphatic rings. The number of hydrogen-bond donors (Lipinski definition) is 1. The highest BCUT2D eigenvalue weighted by atomic mass is 32.2. The van der Waals surface area contributed by atoms with Crippen molar-refractivity contribution in [1.29, 1.82) is 0 Å². The SMILES string of the molecule is CCOc1ccc(S(=O)(=O)N[C@H](C)C(=O)N2CCN(c3ccccc3)CC2)cc1. The lowest BCUT2D eigenvalue weighted by Crippen LogP contribution is -2.54. The molecular weight excluding hydrogens is 390 g/mol. The molecule has 0 saturated carbocycles. The highest BCUT2D eigenvalue weighted by Crippen LogP contribution is 2.18. The molecule has 7 nitrogen and oxygen atoms in total. The molecule has 1 amide bonds. The van der Waals surface area contributed by atoms with E-state index in [1.165, 1.54) is 12.1 Å². The van der Waals surface area contributed by atoms with Crippen molar-refractivity contribution in [3.63, 3.8) is 0 Å². The number of para-hydroxylation sites is 1. The Bertz CT molecular complexity index is 909. The summed E-state index contributed by atoms with van der Waals surface area (Å²) >= 11 is 0. The highest BCUT2D eigenvalue weighted by molar-refractivity contribution is 7.89. The second-order valence-corrected chi connectivity index (χ2v) is 8.61. The summed E-state index contributed by atoms with van der Waals surface area (Å²) in [5, 5.41) is 0. The van der Waals surface area contributed by atoms with Gasteiger partial charge in [0.05, 0.1) is 17.5 Å². The summed E-state index contributed by atoms with van der Waals surface area (Å²) in [7, 11) is -3.79. The fourth-order valence-electron chi connectivity index (χ4n) is 3.33. The number of hydrogen-bond acceptors (Lipinski definition) is 5. The van der Waals surface area contributed by atoms with E-state index in [1.807, 2.05) is 37.3 Å². The third-order valence-electron chi connectivity index (χ3n) is 4.86. The molecule has 2 aromatic rings. The molecule has 3 rings (SSSR count). The average molecular weight is 418 g/mol. The van der Waals surface area contributed by atoms with Gasteiger partial charge in [-0.15, -0.1) is 0 Å². The lowest BCUT2D eigenvalue weighted by atomic mass is 10.2. The van der Waals surface area contributed by atoms with E-state index in [-0.39, 0.29) is 10.8 Å². The number of benzene rings is 2. The third-order valence-corrected chi connectivity index (χ3v) is 6.42. The Morgan fingerprint density at radius 3 is 2.24 bits per heavy atom. The average Bonchev–Trinajstić information content (AvgIpc) is 2.74. The first-order valence-electron chi connectivity index (χ1n) is 9.74. The number of nitrogens with one attached hydrogen (secondary N) is 1. The molecule has 0 aromatic heterocycles. The van der Waals surface area contributed by atoms with E-state index in [9.17, 15) is 13.2 Å². The smallest absolute Gasteiger partial charge is 0.241 e. The van der Waals surface area contributed by atoms with Crippen LogP contribution >= 0.6 is 0 Å². The summed E-state index contributed by atoms with van der Waals surface area (Å²) in [6.07, 6.45) is 0. The second kappa shape index (κ2) is 9.28. The van der Waals surface area contributed by atoms with E-state index < -0.39 is 16.1 Å². The van der Waals surface area contributed by atoms with Gasteiger partial charge in [-0.2, -0.15) is 4.72 Å². The largest absolute Gasteiger partial charge is 0.494 e. The zero-order chi connectivity index (χ0) is 20.9. The fraction of sp³-hybridized carbons (Fsp3) is 0.381. The van der Waals surface area contributed by atoms with Crippen molar-refractivity contribution < 1.29 is 17.9 Å². The molecular formula is C21H27N3O4S. The number of carbonyl (C=O) groups excluding carboxylic acids is 1. The third kappa shape index (κ3) is 5.27. The Kier molecular flexibility index (Phi) is 6.76. The normalized spacial score (nSPS) is 15.8. The van der Waals surface area contributed by atoms with Crippen LogP contribution < -0.4 is 14.4 Å². The molecule has 29 heavy (non-hydrogen) atoms. The molecule has 0 spiro atoms. The van der Waals surface area contributed by atoms with Crippen LogP contribution in [0.15, 0.2) is 59.5 Å². The van der Waals surface area contributed by atoms with E-state index in [1.54, 1.807) is 24.0 Å². The second-order valence-electron chi connectivity index (χ2n) is 6.90. The number of nitrogens with zero attached hydrogens (tertiary/aromatic N) is 2. The number of ether oxygens (including phenoxy) is 1. The Morgan fingerprint density at radius 1 is 1.03 bits per heavy atom. The minimum Gasteiger partial charge on any atom is -0.494 e. The van der Waals surface area contributed by atoms with Gasteiger partial charge in [0.1, 0.15) is 5.75 Å². The number of amides is 1. The van der Waals surface area contributed by atoms with E-state index in [4.69, 9.17) is 4.74 Å². The van der Waals surface area contributed by atoms with Crippen molar-refractivity contribution in [2.45, 2.75) is 24.8 Å². The van der Waals surface area contributed by atoms with Gasteiger partial charge in [0.2, 0.25) is 15.9 Å². The molecule has 156 valence electrons. The summed E-state index contributed by atoms with van der Waals surface area (Å²) in [5.74, 6) is 0.388. The lowest BCUT2D eigenvalue weighted by molar-refractivity contribution is -0.132. The van der Waals surface area contributed by atoms with Crippen LogP contribution in [-0.2, 0) is 14.8 Å². The van der Waals surface area contributed by atoms with E-state index in [0.29, 0.717) is 38.5 Å². The Labute approximate surface area is 172 Å². The monoisotopic (exact) mass is 417 g/mol. The Balaban J connectivity index is 1.57. The van der Waals surface area contributed by atoms with Gasteiger partial charge < -0.3 is 14.5 Å². The van der Waals surface area contributed by atoms with E-state index in [0.717, 1.165) is 5.69 Å². The van der Waals surface area contributed by atoms with Crippen LogP contribution in [0, 0.1) is 0 Å². The number of piperazine rings is 1. The van der Waals surface area contributed by atoms with Crippen molar-refractivity contribution in [2.24, 2.45) is 0 Å². The number of anilines is 1. The van der Waals surface area contributed by atoms with Crippen LogP contribution in [-0.4, -0.2) is 58.1 Å². The molecule has 1 N–H and O–H groups in total. The first-order valence-corrected chi connectivity index (χ1v) is 11.2. The molecule has 1 aliphatic heterocycles. The highest BCUT2D eigenvalue weighted by Gasteiger charge is 2.28. The summed E-state index contributed by atoms with van der Waals surface area (Å²) in [4.78, 5) is 16.8. The first-order chi connectivity index (χ1) is 13.9. The van der Waals surface area contributed by atoms with Crippen LogP contribution in [0.2, 0.25) is 0 Å². The van der Waals surface area contributed by atoms with Gasteiger partial charge in [0, 0.05) is 31.9 Å². The molecule has 0 aliphatic carbocycles. The number of rotatable bonds is 7. The molecule has 8 heteroatoms. The summed E-state index contributed by atoms with van der Waals surface area (Å²) in [5.41, 5.74) is 1.13. The maximum atomic E-state index is 12.8. The number of sulfonamides is 1. The molecule has 1 atom stereocenters. The van der Waals surface area contributed by atoms with Gasteiger partial charge in [-0.3, -0.25) is 4.79 Å². The zero-order valence-electron chi connectivity index (χ0n) is 16.7. The summed E-state index contributed by atoms with van der Waals surface area (Å²) < 4.78 is 33.0. The van der Waals surface area contributed by atoms with Gasteiger partial charge in [0.15, 0.2) is 0 Å². The molecule has 1 fully saturated rings. The van der Waals surface area contributed by atoms with Crippen molar-refractivity contribution in [3.8, 4) is 5.75 Å². The van der Waals surface area contributed by atoms with Gasteiger partial charge in [-0.25, -0.2) is 8.42 Å². The van der Waals surface area contributed by atoms with Crippen molar-refractivity contribution >= 4 is 21.6 Å². The number of carbonyl (C=O) groups is 1. The maximum Gasteiger partial charge on any atom is 0.241 e. The Morgan fingerprint density at radius 2 is 1.66 bits per heavy atom. The van der Waals surface area contributed by atoms with Crippen LogP contribution in [0.3, 0.4) is 0 Å². The molecule has 0 unspecified atom stereocenters. The fourth-order valence-corrected chi connectivity index (χ4v) is 4.53. The van der Waals surface area contributed by atoms with E-state index >= 15 is 0 Å². The summed E-state index contributed by atoms with van der Waals surface area (Å²) in [6, 6.07) is 15.4. The first kappa shape index (κ1) is 21.1. The van der Waals surface area contributed by atoms with Crippen molar-refractivity contribution in [2.75, 3.05) is 37.7 Å². The van der Waals surface area contributed by atoms with Gasteiger partial charge in [-0.05, 0) is 50.2 Å². The van der Waals surface area contributed by atoms with Gasteiger partial charge in [0.25, 0.3) is 0 Å². The van der Waals surface area contributed by atoms with Crippen LogP contribution in [0.5, 0.6) is 5.75 Å². The summed E-state index contributed by atoms with van der Waals surface area (Å²) in [6.45, 7) is 6.50. The van der Waals surface area contributed by atoms with Crippen molar-refractivity contribution in [3.05, 3.63) is 54.6 Å². The van der Waals surface area contributed by atoms with Crippen molar-refractivity contribution in [1.82, 2.24) is 9.62 Å². The zero-order valence-corrected chi connectivity index (χ0v) is 17.6. The molecule has 1 heterocycles. The predicted molar refractivity (Wildman–Crippen MR) is 113 cm³/mol. The van der Waals surface area contributed by atoms with Crippen LogP contribution in [0.4, 0.5) is 5.69 Å². The minimum atomic E-state index is -3.79. The standard InChI is InChI=1S/C21H27N3O4S/c1-3-28-19-9-11-20(12-10-19)29(26,27)22-17(2)21(25)24-15-13-23(14-16-24)18-7-5-4-6-8-18/h4-12,17,22H,3,13-16H2,1-2H3/t17-/m1/s1. The molecule has 2 aromatic carbocycles.